The Morgan fingerprint density at radius 1 is 0.941 bits per heavy atom. The Bertz CT molecular complexity index is 1310. The highest BCUT2D eigenvalue weighted by Gasteiger charge is 2.42. The average Bonchev–Trinajstić information content (AvgIpc) is 3.58. The van der Waals surface area contributed by atoms with Gasteiger partial charge in [-0.15, -0.1) is 0 Å². The zero-order valence-electron chi connectivity index (χ0n) is 31.5. The first-order chi connectivity index (χ1) is 24.1. The lowest BCUT2D eigenvalue weighted by Crippen LogP contribution is -2.55. The highest BCUT2D eigenvalue weighted by Crippen LogP contribution is 2.29. The summed E-state index contributed by atoms with van der Waals surface area (Å²) in [6.45, 7) is 9.20. The van der Waals surface area contributed by atoms with Crippen molar-refractivity contribution in [3.63, 3.8) is 0 Å². The second-order valence-corrected chi connectivity index (χ2v) is 13.9. The molecule has 1 aromatic rings. The SMILES string of the molecule is CC[C@H](C)[C@@H]([C@@H](CC(=O)N1CCC[C@H]1[C@H](OC)[C@@H](C)C(=O)N[C@@H](Cc1ccccc1)C(=O)NCC(=O)NCC(=O)O)OC)N(C)C(=O)CC(C)C. The fraction of sp³-hybridized carbons (Fsp3) is 0.676. The molecule has 14 nitrogen and oxygen atoms in total. The molecule has 2 rings (SSSR count). The summed E-state index contributed by atoms with van der Waals surface area (Å²) in [6, 6.07) is 7.29. The van der Waals surface area contributed by atoms with Crippen LogP contribution >= 0.6 is 0 Å². The smallest absolute Gasteiger partial charge is 0.322 e. The van der Waals surface area contributed by atoms with Crippen molar-refractivity contribution in [2.45, 2.75) is 103 Å². The number of methoxy groups -OCH3 is 2. The number of carbonyl (C=O) groups is 6. The highest BCUT2D eigenvalue weighted by molar-refractivity contribution is 5.92. The van der Waals surface area contributed by atoms with E-state index in [2.05, 4.69) is 22.9 Å². The zero-order chi connectivity index (χ0) is 38.2. The monoisotopic (exact) mass is 717 g/mol. The Balaban J connectivity index is 2.22. The summed E-state index contributed by atoms with van der Waals surface area (Å²) >= 11 is 0. The number of carbonyl (C=O) groups excluding carboxylic acids is 5. The maximum Gasteiger partial charge on any atom is 0.322 e. The van der Waals surface area contributed by atoms with Crippen LogP contribution in [-0.4, -0.2) is 122 Å². The fourth-order valence-corrected chi connectivity index (χ4v) is 6.71. The first kappa shape index (κ1) is 43.1. The van der Waals surface area contributed by atoms with Crippen LogP contribution in [0, 0.1) is 17.8 Å². The molecular weight excluding hydrogens is 658 g/mol. The van der Waals surface area contributed by atoms with E-state index in [4.69, 9.17) is 14.6 Å². The molecule has 0 aliphatic carbocycles. The van der Waals surface area contributed by atoms with E-state index in [1.54, 1.807) is 30.9 Å². The largest absolute Gasteiger partial charge is 0.480 e. The minimum absolute atomic E-state index is 0.00355. The number of hydrogen-bond acceptors (Lipinski definition) is 8. The van der Waals surface area contributed by atoms with Crippen molar-refractivity contribution in [1.29, 1.82) is 0 Å². The van der Waals surface area contributed by atoms with Gasteiger partial charge in [0.05, 0.1) is 43.2 Å². The van der Waals surface area contributed by atoms with E-state index in [0.29, 0.717) is 25.8 Å². The molecule has 51 heavy (non-hydrogen) atoms. The van der Waals surface area contributed by atoms with Gasteiger partial charge in [0, 0.05) is 40.7 Å². The second kappa shape index (κ2) is 21.4. The maximum atomic E-state index is 14.0. The number of amides is 5. The van der Waals surface area contributed by atoms with Crippen LogP contribution in [0.5, 0.6) is 0 Å². The van der Waals surface area contributed by atoms with Gasteiger partial charge in [-0.2, -0.15) is 0 Å². The van der Waals surface area contributed by atoms with Crippen molar-refractivity contribution in [1.82, 2.24) is 25.8 Å². The molecule has 14 heteroatoms. The number of likely N-dealkylation sites (N-methyl/N-ethyl adjacent to an activating group) is 1. The van der Waals surface area contributed by atoms with Gasteiger partial charge < -0.3 is 40.3 Å². The molecule has 1 fully saturated rings. The Kier molecular flexibility index (Phi) is 18.1. The number of ether oxygens (including phenoxy) is 2. The van der Waals surface area contributed by atoms with Crippen LogP contribution in [0.4, 0.5) is 0 Å². The van der Waals surface area contributed by atoms with Crippen LogP contribution in [0.3, 0.4) is 0 Å². The first-order valence-corrected chi connectivity index (χ1v) is 17.9. The van der Waals surface area contributed by atoms with Gasteiger partial charge in [0.15, 0.2) is 0 Å². The minimum Gasteiger partial charge on any atom is -0.480 e. The van der Waals surface area contributed by atoms with Crippen molar-refractivity contribution in [2.24, 2.45) is 17.8 Å². The summed E-state index contributed by atoms with van der Waals surface area (Å²) in [4.78, 5) is 80.4. The molecule has 0 spiro atoms. The highest BCUT2D eigenvalue weighted by atomic mass is 16.5. The third-order valence-electron chi connectivity index (χ3n) is 9.66. The van der Waals surface area contributed by atoms with Crippen LogP contribution in [-0.2, 0) is 44.7 Å². The van der Waals surface area contributed by atoms with Crippen molar-refractivity contribution in [3.8, 4) is 0 Å². The number of carboxylic acid groups (broad SMARTS) is 1. The third-order valence-corrected chi connectivity index (χ3v) is 9.66. The molecule has 0 unspecified atom stereocenters. The Labute approximate surface area is 302 Å². The van der Waals surface area contributed by atoms with E-state index >= 15 is 0 Å². The Hall–Kier alpha value is -4.04. The van der Waals surface area contributed by atoms with Crippen LogP contribution in [0.1, 0.15) is 72.3 Å². The lowest BCUT2D eigenvalue weighted by molar-refractivity contribution is -0.146. The van der Waals surface area contributed by atoms with Gasteiger partial charge in [0.25, 0.3) is 0 Å². The van der Waals surface area contributed by atoms with Gasteiger partial charge in [-0.3, -0.25) is 28.8 Å². The Morgan fingerprint density at radius 2 is 1.61 bits per heavy atom. The summed E-state index contributed by atoms with van der Waals surface area (Å²) in [5.74, 6) is -3.64. The van der Waals surface area contributed by atoms with Gasteiger partial charge in [0.2, 0.25) is 29.5 Å². The van der Waals surface area contributed by atoms with Gasteiger partial charge in [-0.1, -0.05) is 71.4 Å². The lowest BCUT2D eigenvalue weighted by atomic mass is 9.90. The summed E-state index contributed by atoms with van der Waals surface area (Å²) in [5.41, 5.74) is 0.775. The predicted octanol–water partition coefficient (Wildman–Crippen LogP) is 2.00. The molecule has 286 valence electrons. The van der Waals surface area contributed by atoms with E-state index in [1.807, 2.05) is 51.1 Å². The number of nitrogens with one attached hydrogen (secondary N) is 3. The van der Waals surface area contributed by atoms with E-state index in [0.717, 1.165) is 12.0 Å². The van der Waals surface area contributed by atoms with Crippen LogP contribution < -0.4 is 16.0 Å². The molecule has 1 heterocycles. The molecule has 0 radical (unpaired) electrons. The topological polar surface area (TPSA) is 184 Å². The van der Waals surface area contributed by atoms with Gasteiger partial charge >= 0.3 is 5.97 Å². The summed E-state index contributed by atoms with van der Waals surface area (Å²) in [7, 11) is 4.83. The second-order valence-electron chi connectivity index (χ2n) is 13.9. The zero-order valence-corrected chi connectivity index (χ0v) is 31.5. The van der Waals surface area contributed by atoms with Crippen LogP contribution in [0.2, 0.25) is 0 Å². The molecule has 0 saturated carbocycles. The average molecular weight is 718 g/mol. The molecular formula is C37H59N5O9. The number of rotatable bonds is 21. The van der Waals surface area contributed by atoms with Gasteiger partial charge in [0.1, 0.15) is 12.6 Å². The van der Waals surface area contributed by atoms with E-state index in [9.17, 15) is 28.8 Å². The molecule has 0 bridgehead atoms. The summed E-state index contributed by atoms with van der Waals surface area (Å²) < 4.78 is 11.8. The molecule has 0 aromatic heterocycles. The lowest BCUT2D eigenvalue weighted by Gasteiger charge is -2.39. The van der Waals surface area contributed by atoms with Crippen molar-refractivity contribution < 1.29 is 43.3 Å². The van der Waals surface area contributed by atoms with Gasteiger partial charge in [-0.25, -0.2) is 0 Å². The Morgan fingerprint density at radius 3 is 2.18 bits per heavy atom. The van der Waals surface area contributed by atoms with E-state index < -0.39 is 67.0 Å². The quantitative estimate of drug-likeness (QED) is 0.148. The molecule has 1 aliphatic rings. The molecule has 1 aromatic carbocycles. The van der Waals surface area contributed by atoms with Gasteiger partial charge in [-0.05, 0) is 30.2 Å². The number of hydrogen-bond donors (Lipinski definition) is 4. The molecule has 4 N–H and O–H groups in total. The maximum absolute atomic E-state index is 14.0. The summed E-state index contributed by atoms with van der Waals surface area (Å²) in [5, 5.41) is 16.3. The van der Waals surface area contributed by atoms with Crippen molar-refractivity contribution in [2.75, 3.05) is 40.9 Å². The van der Waals surface area contributed by atoms with E-state index in [-0.39, 0.29) is 42.5 Å². The third kappa shape index (κ3) is 13.2. The van der Waals surface area contributed by atoms with Crippen molar-refractivity contribution in [3.05, 3.63) is 35.9 Å². The molecule has 1 saturated heterocycles. The van der Waals surface area contributed by atoms with Crippen LogP contribution in [0.15, 0.2) is 30.3 Å². The minimum atomic E-state index is -1.22. The first-order valence-electron chi connectivity index (χ1n) is 17.9. The predicted molar refractivity (Wildman–Crippen MR) is 191 cm³/mol. The van der Waals surface area contributed by atoms with E-state index in [1.165, 1.54) is 7.11 Å². The van der Waals surface area contributed by atoms with Crippen molar-refractivity contribution >= 4 is 35.5 Å². The summed E-state index contributed by atoms with van der Waals surface area (Å²) in [6.07, 6.45) is 1.47. The normalized spacial score (nSPS) is 17.8. The van der Waals surface area contributed by atoms with Crippen LogP contribution in [0.25, 0.3) is 0 Å². The number of benzene rings is 1. The number of aliphatic carboxylic acids is 1. The number of nitrogens with zero attached hydrogens (tertiary/aromatic N) is 2. The number of carboxylic acids is 1. The molecule has 1 aliphatic heterocycles. The fourth-order valence-electron chi connectivity index (χ4n) is 6.71. The number of likely N-dealkylation sites (tertiary alicyclic amines) is 1. The molecule has 5 amide bonds. The standard InChI is InChI=1S/C37H59N5O9/c1-9-24(4)34(41(6)31(44)18-23(2)3)29(50-7)20-32(45)42-17-13-16-28(42)35(51-8)25(5)36(48)40-27(19-26-14-11-10-12-15-26)37(49)39-21-30(43)38-22-33(46)47/h10-12,14-15,23-25,27-29,34-35H,9,13,16-22H2,1-8H3,(H,38,43)(H,39,49)(H,40,48)(H,46,47)/t24-,25+,27-,28-,29+,34-,35+/m0/s1. The molecule has 7 atom stereocenters.